The molecule has 0 radical (unpaired) electrons. The van der Waals surface area contributed by atoms with Gasteiger partial charge in [0.1, 0.15) is 11.3 Å². The van der Waals surface area contributed by atoms with Gasteiger partial charge in [0, 0.05) is 31.0 Å². The molecule has 3 heterocycles. The van der Waals surface area contributed by atoms with Gasteiger partial charge in [0.15, 0.2) is 0 Å². The van der Waals surface area contributed by atoms with Gasteiger partial charge in [0.2, 0.25) is 5.91 Å². The number of nitrogens with zero attached hydrogens (tertiary/aromatic N) is 1. The van der Waals surface area contributed by atoms with Crippen LogP contribution in [0.4, 0.5) is 0 Å². The average molecular weight is 379 g/mol. The Morgan fingerprint density at radius 2 is 2.04 bits per heavy atom. The molecule has 144 valence electrons. The standard InChI is InChI=1S/C22H21NO5/c24-20(23-11-15-12-27-8-7-22(15,13-23)21(25)26)10-16-9-18-17-4-2-1-3-14(17)5-6-19(18)28-16/h1-6,9,15H,7-8,10-13H2,(H,25,26)/t15-,22+/m0/s1. The van der Waals surface area contributed by atoms with Crippen molar-refractivity contribution in [2.45, 2.75) is 12.8 Å². The summed E-state index contributed by atoms with van der Waals surface area (Å²) in [5.74, 6) is -0.473. The monoisotopic (exact) mass is 379 g/mol. The number of carbonyl (C=O) groups excluding carboxylic acids is 1. The third-order valence-corrected chi connectivity index (χ3v) is 6.29. The summed E-state index contributed by atoms with van der Waals surface area (Å²) >= 11 is 0. The maximum absolute atomic E-state index is 12.9. The smallest absolute Gasteiger partial charge is 0.311 e. The summed E-state index contributed by atoms with van der Waals surface area (Å²) in [6, 6.07) is 13.9. The van der Waals surface area contributed by atoms with Crippen LogP contribution in [0.3, 0.4) is 0 Å². The van der Waals surface area contributed by atoms with Gasteiger partial charge in [0.25, 0.3) is 0 Å². The maximum atomic E-state index is 12.9. The molecular formula is C22H21NO5. The molecule has 0 aliphatic carbocycles. The van der Waals surface area contributed by atoms with E-state index < -0.39 is 11.4 Å². The van der Waals surface area contributed by atoms with Crippen molar-refractivity contribution < 1.29 is 23.8 Å². The zero-order valence-corrected chi connectivity index (χ0v) is 15.4. The van der Waals surface area contributed by atoms with Crippen LogP contribution in [-0.2, 0) is 20.7 Å². The molecule has 6 nitrogen and oxygen atoms in total. The van der Waals surface area contributed by atoms with E-state index in [0.29, 0.717) is 31.9 Å². The van der Waals surface area contributed by atoms with Crippen LogP contribution in [0.25, 0.3) is 21.7 Å². The highest BCUT2D eigenvalue weighted by Crippen LogP contribution is 2.42. The molecule has 3 aromatic rings. The number of furan rings is 1. The van der Waals surface area contributed by atoms with Gasteiger partial charge in [-0.05, 0) is 29.3 Å². The number of carboxylic acid groups (broad SMARTS) is 1. The van der Waals surface area contributed by atoms with Crippen molar-refractivity contribution in [2.24, 2.45) is 11.3 Å². The van der Waals surface area contributed by atoms with E-state index in [4.69, 9.17) is 9.15 Å². The third-order valence-electron chi connectivity index (χ3n) is 6.29. The summed E-state index contributed by atoms with van der Waals surface area (Å²) in [6.45, 7) is 1.50. The van der Waals surface area contributed by atoms with E-state index in [2.05, 4.69) is 0 Å². The van der Waals surface area contributed by atoms with E-state index >= 15 is 0 Å². The van der Waals surface area contributed by atoms with E-state index in [0.717, 1.165) is 21.7 Å². The molecule has 0 unspecified atom stereocenters. The van der Waals surface area contributed by atoms with Gasteiger partial charge in [-0.15, -0.1) is 0 Å². The van der Waals surface area contributed by atoms with Crippen LogP contribution in [0, 0.1) is 11.3 Å². The molecule has 1 amide bonds. The van der Waals surface area contributed by atoms with Gasteiger partial charge in [-0.2, -0.15) is 0 Å². The number of likely N-dealkylation sites (tertiary alicyclic amines) is 1. The fourth-order valence-electron chi connectivity index (χ4n) is 4.68. The predicted molar refractivity (Wildman–Crippen MR) is 103 cm³/mol. The highest BCUT2D eigenvalue weighted by atomic mass is 16.5. The number of carbonyl (C=O) groups is 2. The molecular weight excluding hydrogens is 358 g/mol. The van der Waals surface area contributed by atoms with Gasteiger partial charge in [0.05, 0.1) is 18.4 Å². The largest absolute Gasteiger partial charge is 0.481 e. The Labute approximate surface area is 161 Å². The van der Waals surface area contributed by atoms with Gasteiger partial charge >= 0.3 is 5.97 Å². The van der Waals surface area contributed by atoms with Crippen LogP contribution in [0.1, 0.15) is 12.2 Å². The van der Waals surface area contributed by atoms with Gasteiger partial charge in [-0.1, -0.05) is 30.3 Å². The maximum Gasteiger partial charge on any atom is 0.311 e. The molecule has 2 aliphatic rings. The van der Waals surface area contributed by atoms with E-state index in [1.807, 2.05) is 42.5 Å². The first kappa shape index (κ1) is 17.3. The molecule has 5 rings (SSSR count). The van der Waals surface area contributed by atoms with E-state index in [1.54, 1.807) is 4.90 Å². The van der Waals surface area contributed by atoms with Crippen LogP contribution >= 0.6 is 0 Å². The lowest BCUT2D eigenvalue weighted by atomic mass is 9.74. The second kappa shape index (κ2) is 6.34. The Morgan fingerprint density at radius 1 is 1.18 bits per heavy atom. The van der Waals surface area contributed by atoms with Crippen molar-refractivity contribution >= 4 is 33.6 Å². The second-order valence-electron chi connectivity index (χ2n) is 7.85. The normalized spacial score (nSPS) is 24.6. The molecule has 2 fully saturated rings. The fraction of sp³-hybridized carbons (Fsp3) is 0.364. The molecule has 2 saturated heterocycles. The van der Waals surface area contributed by atoms with Crippen LogP contribution in [0.15, 0.2) is 46.9 Å². The number of carboxylic acids is 1. The summed E-state index contributed by atoms with van der Waals surface area (Å²) in [6.07, 6.45) is 0.583. The van der Waals surface area contributed by atoms with Crippen molar-refractivity contribution in [3.8, 4) is 0 Å². The first-order valence-electron chi connectivity index (χ1n) is 9.56. The van der Waals surface area contributed by atoms with Crippen LogP contribution in [0.2, 0.25) is 0 Å². The molecule has 0 saturated carbocycles. The molecule has 6 heteroatoms. The first-order valence-corrected chi connectivity index (χ1v) is 9.56. The summed E-state index contributed by atoms with van der Waals surface area (Å²) in [5, 5.41) is 13.0. The highest BCUT2D eigenvalue weighted by Gasteiger charge is 2.54. The summed E-state index contributed by atoms with van der Waals surface area (Å²) in [7, 11) is 0. The Morgan fingerprint density at radius 3 is 2.86 bits per heavy atom. The number of benzene rings is 2. The van der Waals surface area contributed by atoms with Gasteiger partial charge in [-0.25, -0.2) is 0 Å². The van der Waals surface area contributed by atoms with E-state index in [1.165, 1.54) is 0 Å². The van der Waals surface area contributed by atoms with Crippen LogP contribution < -0.4 is 0 Å². The topological polar surface area (TPSA) is 80.0 Å². The fourth-order valence-corrected chi connectivity index (χ4v) is 4.68. The second-order valence-corrected chi connectivity index (χ2v) is 7.85. The molecule has 2 aromatic carbocycles. The SMILES string of the molecule is O=C(Cc1cc2c(ccc3ccccc32)o1)N1C[C@H]2COCC[C@@]2(C(=O)O)C1. The zero-order chi connectivity index (χ0) is 19.3. The minimum absolute atomic E-state index is 0.0987. The molecule has 1 aromatic heterocycles. The molecule has 1 N–H and O–H groups in total. The molecule has 2 atom stereocenters. The summed E-state index contributed by atoms with van der Waals surface area (Å²) in [4.78, 5) is 26.5. The third kappa shape index (κ3) is 2.59. The molecule has 0 spiro atoms. The lowest BCUT2D eigenvalue weighted by molar-refractivity contribution is -0.157. The number of fused-ring (bicyclic) bond motifs is 4. The summed E-state index contributed by atoms with van der Waals surface area (Å²) in [5.41, 5.74) is -0.121. The van der Waals surface area contributed by atoms with E-state index in [-0.39, 0.29) is 24.8 Å². The van der Waals surface area contributed by atoms with Gasteiger partial charge < -0.3 is 19.2 Å². The number of hydrogen-bond donors (Lipinski definition) is 1. The lowest BCUT2D eigenvalue weighted by Crippen LogP contribution is -2.45. The molecule has 0 bridgehead atoms. The minimum atomic E-state index is -0.877. The molecule has 28 heavy (non-hydrogen) atoms. The van der Waals surface area contributed by atoms with Gasteiger partial charge in [-0.3, -0.25) is 9.59 Å². The number of hydrogen-bond acceptors (Lipinski definition) is 4. The van der Waals surface area contributed by atoms with E-state index in [9.17, 15) is 14.7 Å². The lowest BCUT2D eigenvalue weighted by Gasteiger charge is -2.33. The van der Waals surface area contributed by atoms with Crippen molar-refractivity contribution in [3.63, 3.8) is 0 Å². The van der Waals surface area contributed by atoms with Crippen LogP contribution in [-0.4, -0.2) is 48.2 Å². The number of rotatable bonds is 3. The van der Waals surface area contributed by atoms with Crippen molar-refractivity contribution in [1.82, 2.24) is 4.90 Å². The van der Waals surface area contributed by atoms with Crippen molar-refractivity contribution in [1.29, 1.82) is 0 Å². The first-order chi connectivity index (χ1) is 13.6. The van der Waals surface area contributed by atoms with Crippen molar-refractivity contribution in [2.75, 3.05) is 26.3 Å². The Bertz CT molecular complexity index is 1090. The number of ether oxygens (including phenoxy) is 1. The number of aliphatic carboxylic acids is 1. The Kier molecular flexibility index (Phi) is 3.91. The van der Waals surface area contributed by atoms with Crippen molar-refractivity contribution in [3.05, 3.63) is 48.2 Å². The van der Waals surface area contributed by atoms with Crippen LogP contribution in [0.5, 0.6) is 0 Å². The number of amides is 1. The quantitative estimate of drug-likeness (QED) is 0.756. The predicted octanol–water partition coefficient (Wildman–Crippen LogP) is 3.08. The average Bonchev–Trinajstić information content (AvgIpc) is 3.30. The summed E-state index contributed by atoms with van der Waals surface area (Å²) < 4.78 is 11.4. The Hall–Kier alpha value is -2.86. The zero-order valence-electron chi connectivity index (χ0n) is 15.4. The molecule has 2 aliphatic heterocycles. The highest BCUT2D eigenvalue weighted by molar-refractivity contribution is 6.06. The Balaban J connectivity index is 1.40. The minimum Gasteiger partial charge on any atom is -0.481 e.